The van der Waals surface area contributed by atoms with Crippen LogP contribution in [0.5, 0.6) is 0 Å². The molecule has 0 N–H and O–H groups in total. The summed E-state index contributed by atoms with van der Waals surface area (Å²) >= 11 is 0. The van der Waals surface area contributed by atoms with E-state index in [4.69, 9.17) is 31.7 Å². The van der Waals surface area contributed by atoms with Gasteiger partial charge in [-0.15, -0.1) is 48.0 Å². The number of fused-ring (bicyclic) bond motifs is 7. The Morgan fingerprint density at radius 3 is 1.88 bits per heavy atom. The van der Waals surface area contributed by atoms with Crippen LogP contribution < -0.4 is 0 Å². The number of pyridine rings is 2. The molecule has 0 aliphatic carbocycles. The zero-order valence-corrected chi connectivity index (χ0v) is 39.9. The maximum Gasteiger partial charge on any atom is 0.417 e. The van der Waals surface area contributed by atoms with Crippen molar-refractivity contribution in [1.29, 1.82) is 0 Å². The second-order valence-corrected chi connectivity index (χ2v) is 18.2. The van der Waals surface area contributed by atoms with E-state index in [2.05, 4.69) is 22.1 Å². The summed E-state index contributed by atoms with van der Waals surface area (Å²) in [6.07, 6.45) is -1.75. The molecule has 0 saturated carbocycles. The van der Waals surface area contributed by atoms with Gasteiger partial charge in [0.1, 0.15) is 17.2 Å². The van der Waals surface area contributed by atoms with Gasteiger partial charge in [-0.05, 0) is 106 Å². The van der Waals surface area contributed by atoms with Gasteiger partial charge >= 0.3 is 6.18 Å². The number of aryl methyl sites for hydroxylation is 3. The van der Waals surface area contributed by atoms with Crippen LogP contribution >= 0.6 is 0 Å². The minimum atomic E-state index is -4.53. The molecule has 6 aromatic carbocycles. The van der Waals surface area contributed by atoms with Crippen molar-refractivity contribution in [2.45, 2.75) is 79.1 Å². The fourth-order valence-electron chi connectivity index (χ4n) is 7.91. The van der Waals surface area contributed by atoms with Crippen LogP contribution in [0.2, 0.25) is 0 Å². The average Bonchev–Trinajstić information content (AvgIpc) is 3.75. The van der Waals surface area contributed by atoms with E-state index < -0.39 is 43.1 Å². The smallest absolute Gasteiger partial charge is 0.417 e. The normalized spacial score (nSPS) is 14.6. The van der Waals surface area contributed by atoms with E-state index in [9.17, 15) is 17.6 Å². The fraction of sp³-hybridized carbons (Fsp3) is 0.211. The van der Waals surface area contributed by atoms with Gasteiger partial charge in [0.25, 0.3) is 0 Å². The SMILES string of the molecule is [2H]C([2H])([2H])c1cc(-c2nc(C(C)(C)C)nc(C(C)(C)C)n2)cc(C([2H])([2H])[2H])c1-c1ccnc(-c2[c-]ccc3c2oc2c3ccc3c4cccc(C(F)(F)F)c4ccc32)c1.[2H]C([2H])([2H])c1ccc(-c2[c-]cc(F)cc2)nc1.[Ir]. The molecule has 0 bridgehead atoms. The Morgan fingerprint density at radius 2 is 1.26 bits per heavy atom. The molecular weight excluding hydrogens is 1040 g/mol. The third kappa shape index (κ3) is 9.30. The molecule has 4 heterocycles. The number of rotatable bonds is 4. The molecule has 0 fully saturated rings. The standard InChI is InChI=1S/C45H38F3N4O.C12H9FN.Ir/c1-24-21-27(40-50-41(43(3,4)5)52-42(51-40)44(6,7)8)22-25(2)37(24)26-19-20-49-36(23-26)34-13-9-12-31-33-17-15-29-28-11-10-14-35(45(46,47)48)30(28)16-18-32(29)38(33)53-39(31)34;1-9-2-7-12(14-8-9)10-3-5-11(13)6-4-10;/h9-12,14-23H,1-8H3;2-3,5-8H,1H3;/q2*-1;/i1D3,2D3;1D3;. The van der Waals surface area contributed by atoms with E-state index in [0.29, 0.717) is 72.4 Å². The minimum Gasteiger partial charge on any atom is -0.500 e. The van der Waals surface area contributed by atoms with E-state index in [1.165, 1.54) is 54.9 Å². The molecule has 6 nitrogen and oxygen atoms in total. The van der Waals surface area contributed by atoms with Gasteiger partial charge in [-0.3, -0.25) is 4.39 Å². The zero-order chi connectivity index (χ0) is 55.1. The molecule has 345 valence electrons. The summed E-state index contributed by atoms with van der Waals surface area (Å²) in [5, 5.41) is 3.13. The van der Waals surface area contributed by atoms with Crippen molar-refractivity contribution in [2.75, 3.05) is 0 Å². The van der Waals surface area contributed by atoms with Crippen molar-refractivity contribution < 1.29 is 54.4 Å². The third-order valence-corrected chi connectivity index (χ3v) is 11.3. The molecule has 0 amide bonds. The van der Waals surface area contributed by atoms with E-state index in [0.717, 1.165) is 11.5 Å². The summed E-state index contributed by atoms with van der Waals surface area (Å²) in [6, 6.07) is 33.4. The summed E-state index contributed by atoms with van der Waals surface area (Å²) in [6.45, 7) is 4.03. The molecular formula is C57H47F4IrN5O-2. The minimum absolute atomic E-state index is 0. The monoisotopic (exact) mass is 1100 g/mol. The number of furan rings is 1. The summed E-state index contributed by atoms with van der Waals surface area (Å²) < 4.78 is 135. The second-order valence-electron chi connectivity index (χ2n) is 18.2. The number of benzene rings is 6. The van der Waals surface area contributed by atoms with Crippen LogP contribution in [0.3, 0.4) is 0 Å². The molecule has 0 unspecified atom stereocenters. The Hall–Kier alpha value is -6.68. The number of alkyl halides is 3. The van der Waals surface area contributed by atoms with Gasteiger partial charge in [0.2, 0.25) is 0 Å². The predicted octanol–water partition coefficient (Wildman–Crippen LogP) is 15.5. The largest absolute Gasteiger partial charge is 0.500 e. The number of halogens is 4. The van der Waals surface area contributed by atoms with Gasteiger partial charge in [-0.1, -0.05) is 101 Å². The predicted molar refractivity (Wildman–Crippen MR) is 260 cm³/mol. The molecule has 0 saturated heterocycles. The average molecular weight is 1100 g/mol. The van der Waals surface area contributed by atoms with Crippen LogP contribution in [-0.4, -0.2) is 24.9 Å². The van der Waals surface area contributed by atoms with Crippen molar-refractivity contribution in [3.8, 4) is 45.0 Å². The molecule has 10 aromatic rings. The topological polar surface area (TPSA) is 77.6 Å². The summed E-state index contributed by atoms with van der Waals surface area (Å²) in [5.41, 5.74) is 1.40. The van der Waals surface area contributed by atoms with Crippen LogP contribution in [0.15, 0.2) is 126 Å². The van der Waals surface area contributed by atoms with Crippen molar-refractivity contribution >= 4 is 43.5 Å². The molecule has 11 heteroatoms. The number of hydrogen-bond acceptors (Lipinski definition) is 6. The molecule has 4 aromatic heterocycles. The van der Waals surface area contributed by atoms with Gasteiger partial charge in [0.15, 0.2) is 5.82 Å². The summed E-state index contributed by atoms with van der Waals surface area (Å²) in [4.78, 5) is 22.8. The molecule has 0 spiro atoms. The first-order valence-corrected chi connectivity index (χ1v) is 21.2. The number of hydrogen-bond donors (Lipinski definition) is 0. The van der Waals surface area contributed by atoms with Gasteiger partial charge < -0.3 is 14.4 Å². The Bertz CT molecular complexity index is 3800. The van der Waals surface area contributed by atoms with Crippen molar-refractivity contribution in [1.82, 2.24) is 24.9 Å². The molecule has 0 aliphatic heterocycles. The van der Waals surface area contributed by atoms with Crippen molar-refractivity contribution in [2.24, 2.45) is 0 Å². The summed E-state index contributed by atoms with van der Waals surface area (Å²) in [7, 11) is 0. The first-order chi connectivity index (χ1) is 35.4. The van der Waals surface area contributed by atoms with Crippen LogP contribution in [-0.2, 0) is 37.1 Å². The Kier molecular flexibility index (Phi) is 9.93. The van der Waals surface area contributed by atoms with Gasteiger partial charge in [-0.25, -0.2) is 15.0 Å². The maximum absolute atomic E-state index is 13.9. The van der Waals surface area contributed by atoms with E-state index in [1.54, 1.807) is 48.5 Å². The van der Waals surface area contributed by atoms with Crippen LogP contribution in [0, 0.1) is 38.5 Å². The van der Waals surface area contributed by atoms with Crippen LogP contribution in [0.25, 0.3) is 88.5 Å². The quantitative estimate of drug-likeness (QED) is 0.0993. The number of nitrogens with zero attached hydrogens (tertiary/aromatic N) is 5. The first-order valence-electron chi connectivity index (χ1n) is 25.7. The fourth-order valence-corrected chi connectivity index (χ4v) is 7.91. The van der Waals surface area contributed by atoms with Crippen LogP contribution in [0.1, 0.15) is 87.8 Å². The molecule has 68 heavy (non-hydrogen) atoms. The van der Waals surface area contributed by atoms with E-state index in [1.807, 2.05) is 53.7 Å². The Balaban J connectivity index is 0.000000370. The van der Waals surface area contributed by atoms with Gasteiger partial charge in [0, 0.05) is 77.8 Å². The molecule has 0 aliphatic rings. The second kappa shape index (κ2) is 18.1. The molecule has 1 radical (unpaired) electrons. The summed E-state index contributed by atoms with van der Waals surface area (Å²) in [5.74, 6) is 0.761. The Labute approximate surface area is 419 Å². The zero-order valence-electron chi connectivity index (χ0n) is 46.5. The van der Waals surface area contributed by atoms with E-state index >= 15 is 0 Å². The van der Waals surface area contributed by atoms with Gasteiger partial charge in [-0.2, -0.15) is 13.2 Å². The van der Waals surface area contributed by atoms with E-state index in [-0.39, 0.29) is 65.0 Å². The number of aromatic nitrogens is 5. The van der Waals surface area contributed by atoms with Crippen molar-refractivity contribution in [3.05, 3.63) is 173 Å². The Morgan fingerprint density at radius 1 is 0.603 bits per heavy atom. The van der Waals surface area contributed by atoms with Crippen LogP contribution in [0.4, 0.5) is 17.6 Å². The molecule has 10 rings (SSSR count). The van der Waals surface area contributed by atoms with Crippen molar-refractivity contribution in [3.63, 3.8) is 0 Å². The third-order valence-electron chi connectivity index (χ3n) is 11.3. The maximum atomic E-state index is 13.9. The molecule has 0 atom stereocenters. The van der Waals surface area contributed by atoms with Gasteiger partial charge in [0.05, 0.1) is 11.1 Å². The first kappa shape index (κ1) is 37.3.